The lowest BCUT2D eigenvalue weighted by molar-refractivity contribution is 0.248. The van der Waals surface area contributed by atoms with Gasteiger partial charge in [-0.1, -0.05) is 19.9 Å². The molecule has 0 aliphatic carbocycles. The Balaban J connectivity index is 2.03. The zero-order chi connectivity index (χ0) is 21.0. The molecule has 2 heterocycles. The first-order valence-corrected chi connectivity index (χ1v) is 8.97. The molecule has 0 aliphatic rings. The Morgan fingerprint density at radius 1 is 1.00 bits per heavy atom. The summed E-state index contributed by atoms with van der Waals surface area (Å²) in [6.07, 6.45) is 1.58. The Bertz CT molecular complexity index is 962. The largest absolute Gasteiger partial charge is 0.394 e. The highest BCUT2D eigenvalue weighted by Gasteiger charge is 2.17. The van der Waals surface area contributed by atoms with Crippen molar-refractivity contribution in [1.29, 1.82) is 0 Å². The van der Waals surface area contributed by atoms with E-state index < -0.39 is 23.1 Å². The molecule has 0 aliphatic heterocycles. The molecule has 0 amide bonds. The lowest BCUT2D eigenvalue weighted by Crippen LogP contribution is -2.30. The normalized spacial score (nSPS) is 12.1. The first-order chi connectivity index (χ1) is 13.9. The highest BCUT2D eigenvalue weighted by molar-refractivity contribution is 5.65. The van der Waals surface area contributed by atoms with Crippen LogP contribution in [0.5, 0.6) is 0 Å². The van der Waals surface area contributed by atoms with Crippen LogP contribution in [0.15, 0.2) is 42.6 Å². The number of halogens is 3. The number of aliphatic hydroxyl groups is 1. The summed E-state index contributed by atoms with van der Waals surface area (Å²) in [4.78, 5) is 12.8. The third kappa shape index (κ3) is 5.00. The van der Waals surface area contributed by atoms with Crippen molar-refractivity contribution in [3.8, 4) is 11.4 Å². The minimum Gasteiger partial charge on any atom is -0.394 e. The Kier molecular flexibility index (Phi) is 6.28. The van der Waals surface area contributed by atoms with E-state index in [1.807, 2.05) is 13.8 Å². The molecule has 0 unspecified atom stereocenters. The summed E-state index contributed by atoms with van der Waals surface area (Å²) in [6, 6.07) is 7.53. The number of aliphatic hydroxyl groups excluding tert-OH is 1. The zero-order valence-corrected chi connectivity index (χ0v) is 15.8. The Labute approximate surface area is 165 Å². The standard InChI is InChI=1S/C20H20F3N5O/c1-11(2)17(10-29)26-20-25-16(15-5-3-4-6-24-15)9-18(28-20)27-19-13(22)7-12(21)8-14(19)23/h3-9,11,17,29H,10H2,1-2H3,(H2,25,26,27,28)/t17-/m1/s1. The minimum absolute atomic E-state index is 0.0745. The van der Waals surface area contributed by atoms with Crippen LogP contribution in [0.4, 0.5) is 30.6 Å². The van der Waals surface area contributed by atoms with Crippen molar-refractivity contribution < 1.29 is 18.3 Å². The maximum Gasteiger partial charge on any atom is 0.225 e. The average molecular weight is 403 g/mol. The van der Waals surface area contributed by atoms with Crippen molar-refractivity contribution in [2.45, 2.75) is 19.9 Å². The molecule has 9 heteroatoms. The van der Waals surface area contributed by atoms with Gasteiger partial charge in [-0.05, 0) is 18.1 Å². The summed E-state index contributed by atoms with van der Waals surface area (Å²) >= 11 is 0. The predicted molar refractivity (Wildman–Crippen MR) is 104 cm³/mol. The number of hydrogen-bond acceptors (Lipinski definition) is 6. The highest BCUT2D eigenvalue weighted by atomic mass is 19.1. The third-order valence-corrected chi connectivity index (χ3v) is 4.23. The summed E-state index contributed by atoms with van der Waals surface area (Å²) in [5.41, 5.74) is 0.380. The average Bonchev–Trinajstić information content (AvgIpc) is 2.69. The van der Waals surface area contributed by atoms with E-state index in [-0.39, 0.29) is 30.3 Å². The number of hydrogen-bond donors (Lipinski definition) is 3. The van der Waals surface area contributed by atoms with Gasteiger partial charge < -0.3 is 15.7 Å². The van der Waals surface area contributed by atoms with Crippen LogP contribution in [0.25, 0.3) is 11.4 Å². The molecule has 0 radical (unpaired) electrons. The molecule has 0 spiro atoms. The van der Waals surface area contributed by atoms with Gasteiger partial charge in [-0.15, -0.1) is 0 Å². The summed E-state index contributed by atoms with van der Waals surface area (Å²) in [5.74, 6) is -2.91. The molecule has 152 valence electrons. The molecule has 0 fully saturated rings. The maximum atomic E-state index is 14.0. The van der Waals surface area contributed by atoms with Crippen LogP contribution in [0.2, 0.25) is 0 Å². The third-order valence-electron chi connectivity index (χ3n) is 4.23. The van der Waals surface area contributed by atoms with E-state index in [1.165, 1.54) is 6.07 Å². The van der Waals surface area contributed by atoms with Crippen molar-refractivity contribution in [2.24, 2.45) is 5.92 Å². The van der Waals surface area contributed by atoms with E-state index in [1.54, 1.807) is 24.4 Å². The molecule has 2 aromatic heterocycles. The Morgan fingerprint density at radius 2 is 1.72 bits per heavy atom. The predicted octanol–water partition coefficient (Wildman–Crippen LogP) is 4.13. The minimum atomic E-state index is -1.09. The van der Waals surface area contributed by atoms with Gasteiger partial charge in [0.25, 0.3) is 0 Å². The Hall–Kier alpha value is -3.20. The van der Waals surface area contributed by atoms with E-state index >= 15 is 0 Å². The first kappa shape index (κ1) is 20.5. The maximum absolute atomic E-state index is 14.0. The summed E-state index contributed by atoms with van der Waals surface area (Å²) < 4.78 is 41.3. The smallest absolute Gasteiger partial charge is 0.225 e. The van der Waals surface area contributed by atoms with E-state index in [0.717, 1.165) is 0 Å². The molecular formula is C20H20F3N5O. The van der Waals surface area contributed by atoms with Gasteiger partial charge in [0, 0.05) is 24.4 Å². The van der Waals surface area contributed by atoms with Gasteiger partial charge in [-0.25, -0.2) is 18.2 Å². The molecule has 3 aromatic rings. The summed E-state index contributed by atoms with van der Waals surface area (Å²) in [5, 5.41) is 15.1. The number of aromatic nitrogens is 3. The Morgan fingerprint density at radius 3 is 2.31 bits per heavy atom. The quantitative estimate of drug-likeness (QED) is 0.550. The van der Waals surface area contributed by atoms with Crippen LogP contribution in [-0.2, 0) is 0 Å². The molecule has 0 saturated heterocycles. The number of benzene rings is 1. The lowest BCUT2D eigenvalue weighted by atomic mass is 10.1. The summed E-state index contributed by atoms with van der Waals surface area (Å²) in [7, 11) is 0. The molecular weight excluding hydrogens is 383 g/mol. The van der Waals surface area contributed by atoms with E-state index in [2.05, 4.69) is 25.6 Å². The molecule has 0 saturated carbocycles. The fourth-order valence-electron chi connectivity index (χ4n) is 2.60. The number of nitrogens with one attached hydrogen (secondary N) is 2. The van der Waals surface area contributed by atoms with Gasteiger partial charge in [0.1, 0.15) is 17.3 Å². The van der Waals surface area contributed by atoms with Crippen molar-refractivity contribution in [1.82, 2.24) is 15.0 Å². The second-order valence-electron chi connectivity index (χ2n) is 6.72. The van der Waals surface area contributed by atoms with E-state index in [9.17, 15) is 18.3 Å². The highest BCUT2D eigenvalue weighted by Crippen LogP contribution is 2.27. The first-order valence-electron chi connectivity index (χ1n) is 8.97. The van der Waals surface area contributed by atoms with Gasteiger partial charge in [-0.2, -0.15) is 4.98 Å². The van der Waals surface area contributed by atoms with E-state index in [4.69, 9.17) is 0 Å². The van der Waals surface area contributed by atoms with Crippen LogP contribution in [0.3, 0.4) is 0 Å². The topological polar surface area (TPSA) is 83.0 Å². The SMILES string of the molecule is CC(C)[C@@H](CO)Nc1nc(Nc2c(F)cc(F)cc2F)cc(-c2ccccn2)n1. The molecule has 3 rings (SSSR count). The molecule has 29 heavy (non-hydrogen) atoms. The van der Waals surface area contributed by atoms with Gasteiger partial charge in [0.15, 0.2) is 11.6 Å². The van der Waals surface area contributed by atoms with Crippen LogP contribution in [0, 0.1) is 23.4 Å². The van der Waals surface area contributed by atoms with Gasteiger partial charge >= 0.3 is 0 Å². The molecule has 3 N–H and O–H groups in total. The number of nitrogens with zero attached hydrogens (tertiary/aromatic N) is 3. The number of pyridine rings is 1. The molecule has 1 aromatic carbocycles. The monoisotopic (exact) mass is 403 g/mol. The van der Waals surface area contributed by atoms with Gasteiger partial charge in [-0.3, -0.25) is 4.98 Å². The molecule has 1 atom stereocenters. The zero-order valence-electron chi connectivity index (χ0n) is 15.8. The second kappa shape index (κ2) is 8.87. The number of anilines is 3. The van der Waals surface area contributed by atoms with Crippen LogP contribution in [0.1, 0.15) is 13.8 Å². The van der Waals surface area contributed by atoms with Gasteiger partial charge in [0.05, 0.1) is 24.0 Å². The van der Waals surface area contributed by atoms with Crippen molar-refractivity contribution >= 4 is 17.5 Å². The van der Waals surface area contributed by atoms with Crippen LogP contribution >= 0.6 is 0 Å². The van der Waals surface area contributed by atoms with Crippen molar-refractivity contribution in [3.05, 3.63) is 60.0 Å². The molecule has 0 bridgehead atoms. The number of rotatable bonds is 7. The second-order valence-corrected chi connectivity index (χ2v) is 6.72. The fourth-order valence-corrected chi connectivity index (χ4v) is 2.60. The lowest BCUT2D eigenvalue weighted by Gasteiger charge is -2.20. The van der Waals surface area contributed by atoms with Crippen LogP contribution in [-0.4, -0.2) is 32.7 Å². The molecule has 6 nitrogen and oxygen atoms in total. The fraction of sp³-hybridized carbons (Fsp3) is 0.250. The van der Waals surface area contributed by atoms with Crippen LogP contribution < -0.4 is 10.6 Å². The van der Waals surface area contributed by atoms with Crippen molar-refractivity contribution in [2.75, 3.05) is 17.2 Å². The van der Waals surface area contributed by atoms with Crippen molar-refractivity contribution in [3.63, 3.8) is 0 Å². The summed E-state index contributed by atoms with van der Waals surface area (Å²) in [6.45, 7) is 3.68. The van der Waals surface area contributed by atoms with E-state index in [0.29, 0.717) is 23.5 Å². The van der Waals surface area contributed by atoms with Gasteiger partial charge in [0.2, 0.25) is 5.95 Å².